The minimum Gasteiger partial charge on any atom is -0.383 e. The second-order valence-corrected chi connectivity index (χ2v) is 5.47. The van der Waals surface area contributed by atoms with Gasteiger partial charge in [0.2, 0.25) is 0 Å². The molecular weight excluding hydrogens is 302 g/mol. The monoisotopic (exact) mass is 313 g/mol. The summed E-state index contributed by atoms with van der Waals surface area (Å²) in [5.41, 5.74) is 10.6. The number of nitrogens with zero attached hydrogens (tertiary/aromatic N) is 2. The van der Waals surface area contributed by atoms with E-state index in [2.05, 4.69) is 27.0 Å². The molecule has 94 valence electrons. The van der Waals surface area contributed by atoms with Crippen LogP contribution in [0.5, 0.6) is 0 Å². The van der Waals surface area contributed by atoms with Crippen molar-refractivity contribution < 1.29 is 0 Å². The third-order valence-corrected chi connectivity index (χ3v) is 4.20. The molecule has 0 saturated carbocycles. The Labute approximate surface area is 120 Å². The number of nitriles is 1. The van der Waals surface area contributed by atoms with Crippen molar-refractivity contribution in [1.29, 1.82) is 5.26 Å². The lowest BCUT2D eigenvalue weighted by Gasteiger charge is -2.13. The highest BCUT2D eigenvalue weighted by Gasteiger charge is 2.23. The second kappa shape index (κ2) is 4.67. The van der Waals surface area contributed by atoms with E-state index in [0.29, 0.717) is 11.4 Å². The van der Waals surface area contributed by atoms with Crippen molar-refractivity contribution in [2.45, 2.75) is 19.3 Å². The van der Waals surface area contributed by atoms with Crippen LogP contribution in [-0.4, -0.2) is 4.98 Å². The first-order valence-corrected chi connectivity index (χ1v) is 6.98. The highest BCUT2D eigenvalue weighted by atomic mass is 79.9. The summed E-state index contributed by atoms with van der Waals surface area (Å²) in [7, 11) is 0. The van der Waals surface area contributed by atoms with E-state index in [9.17, 15) is 5.26 Å². The minimum atomic E-state index is 0.342. The first kappa shape index (κ1) is 12.2. The van der Waals surface area contributed by atoms with E-state index in [0.717, 1.165) is 40.6 Å². The summed E-state index contributed by atoms with van der Waals surface area (Å²) >= 11 is 3.56. The Kier molecular flexibility index (Phi) is 3.00. The van der Waals surface area contributed by atoms with Gasteiger partial charge in [-0.2, -0.15) is 5.26 Å². The molecule has 3 rings (SSSR count). The van der Waals surface area contributed by atoms with Crippen LogP contribution in [0.1, 0.15) is 23.2 Å². The number of pyridine rings is 1. The van der Waals surface area contributed by atoms with Crippen molar-refractivity contribution in [3.8, 4) is 17.2 Å². The average molecular weight is 314 g/mol. The second-order valence-electron chi connectivity index (χ2n) is 4.62. The van der Waals surface area contributed by atoms with Gasteiger partial charge < -0.3 is 5.73 Å². The minimum absolute atomic E-state index is 0.342. The highest BCUT2D eigenvalue weighted by Crippen LogP contribution is 2.39. The summed E-state index contributed by atoms with van der Waals surface area (Å²) in [4.78, 5) is 4.38. The smallest absolute Gasteiger partial charge is 0.142 e. The zero-order valence-corrected chi connectivity index (χ0v) is 11.9. The maximum atomic E-state index is 9.40. The van der Waals surface area contributed by atoms with E-state index in [4.69, 9.17) is 5.73 Å². The molecule has 1 aliphatic rings. The van der Waals surface area contributed by atoms with Crippen LogP contribution in [0.15, 0.2) is 28.7 Å². The Bertz CT molecular complexity index is 701. The molecule has 3 nitrogen and oxygen atoms in total. The Balaban J connectivity index is 2.38. The van der Waals surface area contributed by atoms with E-state index in [1.165, 1.54) is 5.56 Å². The number of nitrogens with two attached hydrogens (primary N) is 1. The standard InChI is InChI=1S/C15H12BrN3/c16-12-6-2-1-4-9(12)14-10-5-3-7-13(10)19-15(18)11(14)8-17/h1-2,4,6H,3,5,7H2,(H2,18,19). The molecule has 19 heavy (non-hydrogen) atoms. The van der Waals surface area contributed by atoms with Crippen molar-refractivity contribution in [3.05, 3.63) is 45.6 Å². The number of hydrogen-bond donors (Lipinski definition) is 1. The largest absolute Gasteiger partial charge is 0.383 e. The van der Waals surface area contributed by atoms with E-state index < -0.39 is 0 Å². The average Bonchev–Trinajstić information content (AvgIpc) is 2.85. The molecule has 2 aromatic rings. The zero-order valence-electron chi connectivity index (χ0n) is 10.3. The number of rotatable bonds is 1. The van der Waals surface area contributed by atoms with Crippen LogP contribution in [0, 0.1) is 11.3 Å². The van der Waals surface area contributed by atoms with Crippen LogP contribution in [0.2, 0.25) is 0 Å². The van der Waals surface area contributed by atoms with Crippen LogP contribution in [0.25, 0.3) is 11.1 Å². The van der Waals surface area contributed by atoms with Gasteiger partial charge in [-0.25, -0.2) is 4.98 Å². The van der Waals surface area contributed by atoms with Crippen LogP contribution < -0.4 is 5.73 Å². The Hall–Kier alpha value is -1.86. The van der Waals surface area contributed by atoms with Gasteiger partial charge in [0.15, 0.2) is 0 Å². The molecule has 2 N–H and O–H groups in total. The molecule has 1 heterocycles. The molecule has 1 aromatic carbocycles. The molecule has 0 fully saturated rings. The van der Waals surface area contributed by atoms with Gasteiger partial charge in [-0.15, -0.1) is 0 Å². The van der Waals surface area contributed by atoms with E-state index in [1.807, 2.05) is 24.3 Å². The third-order valence-electron chi connectivity index (χ3n) is 3.51. The van der Waals surface area contributed by atoms with Crippen LogP contribution in [0.4, 0.5) is 5.82 Å². The van der Waals surface area contributed by atoms with Crippen molar-refractivity contribution >= 4 is 21.7 Å². The quantitative estimate of drug-likeness (QED) is 0.877. The van der Waals surface area contributed by atoms with Gasteiger partial charge in [0.05, 0.1) is 0 Å². The number of aromatic nitrogens is 1. The number of nitrogen functional groups attached to an aromatic ring is 1. The fraction of sp³-hybridized carbons (Fsp3) is 0.200. The van der Waals surface area contributed by atoms with Gasteiger partial charge >= 0.3 is 0 Å². The Morgan fingerprint density at radius 1 is 1.26 bits per heavy atom. The maximum absolute atomic E-state index is 9.40. The van der Waals surface area contributed by atoms with Gasteiger partial charge in [-0.1, -0.05) is 34.1 Å². The molecule has 0 amide bonds. The lowest BCUT2D eigenvalue weighted by atomic mass is 9.95. The summed E-state index contributed by atoms with van der Waals surface area (Å²) < 4.78 is 0.978. The van der Waals surface area contributed by atoms with Crippen LogP contribution >= 0.6 is 15.9 Å². The molecule has 1 aliphatic carbocycles. The number of benzene rings is 1. The predicted molar refractivity (Wildman–Crippen MR) is 78.5 cm³/mol. The molecule has 0 saturated heterocycles. The fourth-order valence-corrected chi connectivity index (χ4v) is 3.16. The van der Waals surface area contributed by atoms with Gasteiger partial charge in [0.1, 0.15) is 17.5 Å². The third kappa shape index (κ3) is 1.91. The Morgan fingerprint density at radius 2 is 2.05 bits per heavy atom. The van der Waals surface area contributed by atoms with Crippen LogP contribution in [0.3, 0.4) is 0 Å². The number of anilines is 1. The molecular formula is C15H12BrN3. The Morgan fingerprint density at radius 3 is 2.79 bits per heavy atom. The van der Waals surface area contributed by atoms with Crippen molar-refractivity contribution in [2.24, 2.45) is 0 Å². The molecule has 0 radical (unpaired) electrons. The summed E-state index contributed by atoms with van der Waals surface area (Å²) in [5.74, 6) is 0.342. The summed E-state index contributed by atoms with van der Waals surface area (Å²) in [6.07, 6.45) is 2.99. The van der Waals surface area contributed by atoms with E-state index in [1.54, 1.807) is 0 Å². The molecule has 1 aromatic heterocycles. The molecule has 0 aliphatic heterocycles. The fourth-order valence-electron chi connectivity index (χ4n) is 2.68. The molecule has 0 unspecified atom stereocenters. The molecule has 0 bridgehead atoms. The SMILES string of the molecule is N#Cc1c(N)nc2c(c1-c1ccccc1Br)CCC2. The molecule has 0 atom stereocenters. The normalized spacial score (nSPS) is 13.1. The first-order valence-electron chi connectivity index (χ1n) is 6.18. The van der Waals surface area contributed by atoms with Gasteiger partial charge in [0.25, 0.3) is 0 Å². The summed E-state index contributed by atoms with van der Waals surface area (Å²) in [5, 5.41) is 9.40. The lowest BCUT2D eigenvalue weighted by molar-refractivity contribution is 0.900. The summed E-state index contributed by atoms with van der Waals surface area (Å²) in [6.45, 7) is 0. The van der Waals surface area contributed by atoms with Crippen LogP contribution in [-0.2, 0) is 12.8 Å². The zero-order chi connectivity index (χ0) is 13.4. The van der Waals surface area contributed by atoms with Crippen molar-refractivity contribution in [3.63, 3.8) is 0 Å². The van der Waals surface area contributed by atoms with E-state index >= 15 is 0 Å². The lowest BCUT2D eigenvalue weighted by Crippen LogP contribution is -2.03. The van der Waals surface area contributed by atoms with Crippen molar-refractivity contribution in [1.82, 2.24) is 4.98 Å². The predicted octanol–water partition coefficient (Wildman–Crippen LogP) is 3.45. The molecule has 4 heteroatoms. The number of aryl methyl sites for hydroxylation is 1. The van der Waals surface area contributed by atoms with Gasteiger partial charge in [-0.3, -0.25) is 0 Å². The first-order chi connectivity index (χ1) is 9.22. The highest BCUT2D eigenvalue weighted by molar-refractivity contribution is 9.10. The van der Waals surface area contributed by atoms with E-state index in [-0.39, 0.29) is 0 Å². The summed E-state index contributed by atoms with van der Waals surface area (Å²) in [6, 6.07) is 10.1. The topological polar surface area (TPSA) is 62.7 Å². The maximum Gasteiger partial charge on any atom is 0.142 e. The van der Waals surface area contributed by atoms with Gasteiger partial charge in [-0.05, 0) is 36.5 Å². The number of fused-ring (bicyclic) bond motifs is 1. The number of halogens is 1. The van der Waals surface area contributed by atoms with Crippen molar-refractivity contribution in [2.75, 3.05) is 5.73 Å². The van der Waals surface area contributed by atoms with Gasteiger partial charge in [0, 0.05) is 15.7 Å². The molecule has 0 spiro atoms. The number of hydrogen-bond acceptors (Lipinski definition) is 3.